The Hall–Kier alpha value is -1.75. The first-order chi connectivity index (χ1) is 8.97. The van der Waals surface area contributed by atoms with Crippen LogP contribution in [0.15, 0.2) is 24.3 Å². The highest BCUT2D eigenvalue weighted by Crippen LogP contribution is 2.18. The van der Waals surface area contributed by atoms with Crippen LogP contribution in [0.4, 0.5) is 18.9 Å². The van der Waals surface area contributed by atoms with E-state index in [9.17, 15) is 13.2 Å². The standard InChI is InChI=1S/C13H10ClF3N2/c1-7-11(2-3-12(14)19-7)18-6-8-4-9(15)13(17)10(16)5-8/h2-5,18H,6H2,1H3. The number of anilines is 1. The van der Waals surface area contributed by atoms with Gasteiger partial charge in [0.25, 0.3) is 0 Å². The smallest absolute Gasteiger partial charge is 0.194 e. The van der Waals surface area contributed by atoms with Crippen molar-refractivity contribution < 1.29 is 13.2 Å². The molecular weight excluding hydrogens is 277 g/mol. The molecule has 0 bridgehead atoms. The summed E-state index contributed by atoms with van der Waals surface area (Å²) in [6.45, 7) is 1.90. The van der Waals surface area contributed by atoms with Crippen molar-refractivity contribution in [3.63, 3.8) is 0 Å². The van der Waals surface area contributed by atoms with Crippen LogP contribution >= 0.6 is 11.6 Å². The van der Waals surface area contributed by atoms with Crippen molar-refractivity contribution in [1.29, 1.82) is 0 Å². The van der Waals surface area contributed by atoms with Crippen molar-refractivity contribution >= 4 is 17.3 Å². The lowest BCUT2D eigenvalue weighted by Gasteiger charge is -2.09. The largest absolute Gasteiger partial charge is 0.379 e. The van der Waals surface area contributed by atoms with E-state index in [2.05, 4.69) is 10.3 Å². The first-order valence-corrected chi connectivity index (χ1v) is 5.85. The molecule has 0 amide bonds. The number of nitrogens with one attached hydrogen (secondary N) is 1. The maximum absolute atomic E-state index is 13.0. The Labute approximate surface area is 113 Å². The van der Waals surface area contributed by atoms with Crippen molar-refractivity contribution in [2.24, 2.45) is 0 Å². The maximum Gasteiger partial charge on any atom is 0.194 e. The molecule has 0 atom stereocenters. The van der Waals surface area contributed by atoms with Gasteiger partial charge in [-0.3, -0.25) is 0 Å². The van der Waals surface area contributed by atoms with Gasteiger partial charge in [0, 0.05) is 6.54 Å². The summed E-state index contributed by atoms with van der Waals surface area (Å²) in [5.74, 6) is -3.88. The summed E-state index contributed by atoms with van der Waals surface area (Å²) >= 11 is 5.71. The highest BCUT2D eigenvalue weighted by molar-refractivity contribution is 6.29. The second-order valence-corrected chi connectivity index (χ2v) is 4.38. The van der Waals surface area contributed by atoms with E-state index in [0.29, 0.717) is 22.1 Å². The third-order valence-corrected chi connectivity index (χ3v) is 2.79. The van der Waals surface area contributed by atoms with Gasteiger partial charge in [-0.15, -0.1) is 0 Å². The Bertz CT molecular complexity index is 594. The van der Waals surface area contributed by atoms with Crippen LogP contribution < -0.4 is 5.32 Å². The molecule has 2 nitrogen and oxygen atoms in total. The summed E-state index contributed by atoms with van der Waals surface area (Å²) in [4.78, 5) is 4.03. The van der Waals surface area contributed by atoms with E-state index in [1.165, 1.54) is 0 Å². The summed E-state index contributed by atoms with van der Waals surface area (Å²) < 4.78 is 38.8. The zero-order valence-electron chi connectivity index (χ0n) is 9.98. The third-order valence-electron chi connectivity index (χ3n) is 2.58. The lowest BCUT2D eigenvalue weighted by Crippen LogP contribution is -2.04. The molecular formula is C13H10ClF3N2. The quantitative estimate of drug-likeness (QED) is 0.679. The fraction of sp³-hybridized carbons (Fsp3) is 0.154. The summed E-state index contributed by atoms with van der Waals surface area (Å²) in [7, 11) is 0. The lowest BCUT2D eigenvalue weighted by molar-refractivity contribution is 0.445. The molecule has 19 heavy (non-hydrogen) atoms. The van der Waals surface area contributed by atoms with E-state index in [4.69, 9.17) is 11.6 Å². The predicted octanol–water partition coefficient (Wildman–Crippen LogP) is 4.07. The molecule has 0 radical (unpaired) electrons. The van der Waals surface area contributed by atoms with E-state index in [-0.39, 0.29) is 6.54 Å². The maximum atomic E-state index is 13.0. The van der Waals surface area contributed by atoms with Gasteiger partial charge in [0.05, 0.1) is 11.4 Å². The second-order valence-electron chi connectivity index (χ2n) is 3.99. The van der Waals surface area contributed by atoms with Crippen molar-refractivity contribution in [2.75, 3.05) is 5.32 Å². The van der Waals surface area contributed by atoms with Crippen molar-refractivity contribution in [3.8, 4) is 0 Å². The minimum absolute atomic E-state index is 0.151. The fourth-order valence-corrected chi connectivity index (χ4v) is 1.81. The van der Waals surface area contributed by atoms with Gasteiger partial charge in [-0.25, -0.2) is 18.2 Å². The number of aromatic nitrogens is 1. The number of aryl methyl sites for hydroxylation is 1. The molecule has 0 saturated heterocycles. The van der Waals surface area contributed by atoms with Crippen LogP contribution in [0.25, 0.3) is 0 Å². The van der Waals surface area contributed by atoms with Gasteiger partial charge in [-0.2, -0.15) is 0 Å². The molecule has 0 aliphatic rings. The Morgan fingerprint density at radius 2 is 1.79 bits per heavy atom. The number of pyridine rings is 1. The summed E-state index contributed by atoms with van der Waals surface area (Å²) in [6, 6.07) is 5.21. The van der Waals surface area contributed by atoms with Crippen molar-refractivity contribution in [2.45, 2.75) is 13.5 Å². The number of nitrogens with zero attached hydrogens (tertiary/aromatic N) is 1. The van der Waals surface area contributed by atoms with E-state index < -0.39 is 17.5 Å². The number of rotatable bonds is 3. The van der Waals surface area contributed by atoms with Gasteiger partial charge in [0.2, 0.25) is 0 Å². The Balaban J connectivity index is 2.14. The van der Waals surface area contributed by atoms with E-state index in [1.807, 2.05) is 0 Å². The molecule has 2 rings (SSSR count). The fourth-order valence-electron chi connectivity index (χ4n) is 1.62. The van der Waals surface area contributed by atoms with Gasteiger partial charge >= 0.3 is 0 Å². The topological polar surface area (TPSA) is 24.9 Å². The molecule has 1 aromatic carbocycles. The van der Waals surface area contributed by atoms with Gasteiger partial charge < -0.3 is 5.32 Å². The average molecular weight is 287 g/mol. The summed E-state index contributed by atoms with van der Waals surface area (Å²) in [5.41, 5.74) is 1.65. The molecule has 6 heteroatoms. The normalized spacial score (nSPS) is 10.6. The van der Waals surface area contributed by atoms with Crippen LogP contribution in [-0.2, 0) is 6.54 Å². The summed E-state index contributed by atoms with van der Waals surface area (Å²) in [5, 5.41) is 3.32. The molecule has 1 N–H and O–H groups in total. The Morgan fingerprint density at radius 1 is 1.16 bits per heavy atom. The first kappa shape index (κ1) is 13.7. The molecule has 0 unspecified atom stereocenters. The molecule has 100 valence electrons. The highest BCUT2D eigenvalue weighted by Gasteiger charge is 2.10. The molecule has 0 spiro atoms. The zero-order valence-corrected chi connectivity index (χ0v) is 10.7. The van der Waals surface area contributed by atoms with Crippen LogP contribution in [-0.4, -0.2) is 4.98 Å². The highest BCUT2D eigenvalue weighted by atomic mass is 35.5. The van der Waals surface area contributed by atoms with Gasteiger partial charge in [0.1, 0.15) is 5.15 Å². The van der Waals surface area contributed by atoms with Crippen molar-refractivity contribution in [1.82, 2.24) is 4.98 Å². The molecule has 0 saturated carbocycles. The van der Waals surface area contributed by atoms with Crippen LogP contribution in [0.2, 0.25) is 5.15 Å². The number of halogens is 4. The number of hydrogen-bond donors (Lipinski definition) is 1. The molecule has 0 aliphatic carbocycles. The molecule has 0 aliphatic heterocycles. The van der Waals surface area contributed by atoms with Crippen LogP contribution in [0.5, 0.6) is 0 Å². The summed E-state index contributed by atoms with van der Waals surface area (Å²) in [6.07, 6.45) is 0. The Kier molecular flexibility index (Phi) is 3.95. The van der Waals surface area contributed by atoms with Gasteiger partial charge in [-0.1, -0.05) is 11.6 Å². The molecule has 0 fully saturated rings. The van der Waals surface area contributed by atoms with Gasteiger partial charge in [-0.05, 0) is 36.8 Å². The monoisotopic (exact) mass is 286 g/mol. The van der Waals surface area contributed by atoms with Crippen LogP contribution in [0.1, 0.15) is 11.3 Å². The van der Waals surface area contributed by atoms with Gasteiger partial charge in [0.15, 0.2) is 17.5 Å². The second kappa shape index (κ2) is 5.48. The minimum Gasteiger partial charge on any atom is -0.379 e. The average Bonchev–Trinajstić information content (AvgIpc) is 2.34. The molecule has 1 aromatic heterocycles. The van der Waals surface area contributed by atoms with Crippen LogP contribution in [0, 0.1) is 24.4 Å². The lowest BCUT2D eigenvalue weighted by atomic mass is 10.2. The number of hydrogen-bond acceptors (Lipinski definition) is 2. The number of benzene rings is 1. The third kappa shape index (κ3) is 3.17. The van der Waals surface area contributed by atoms with Crippen LogP contribution in [0.3, 0.4) is 0 Å². The SMILES string of the molecule is Cc1nc(Cl)ccc1NCc1cc(F)c(F)c(F)c1. The molecule has 1 heterocycles. The Morgan fingerprint density at radius 3 is 2.37 bits per heavy atom. The van der Waals surface area contributed by atoms with E-state index in [1.54, 1.807) is 19.1 Å². The minimum atomic E-state index is -1.46. The predicted molar refractivity (Wildman–Crippen MR) is 67.6 cm³/mol. The van der Waals surface area contributed by atoms with Crippen molar-refractivity contribution in [3.05, 3.63) is 58.1 Å². The first-order valence-electron chi connectivity index (χ1n) is 5.48. The molecule has 2 aromatic rings. The van der Waals surface area contributed by atoms with E-state index >= 15 is 0 Å². The zero-order chi connectivity index (χ0) is 14.0. The van der Waals surface area contributed by atoms with E-state index in [0.717, 1.165) is 12.1 Å².